The van der Waals surface area contributed by atoms with Crippen molar-refractivity contribution >= 4 is 80.8 Å². The van der Waals surface area contributed by atoms with E-state index < -0.39 is 60.2 Å². The molecule has 0 radical (unpaired) electrons. The molecule has 0 fully saturated rings. The van der Waals surface area contributed by atoms with Gasteiger partial charge in [-0.2, -0.15) is 0 Å². The molecule has 15 heteroatoms. The largest absolute Gasteiger partial charge is 0.454 e. The summed E-state index contributed by atoms with van der Waals surface area (Å²) in [6, 6.07) is 30.7. The number of hydrogen-bond acceptors (Lipinski definition) is 11. The first-order valence-corrected chi connectivity index (χ1v) is 20.8. The molecule has 0 heterocycles. The summed E-state index contributed by atoms with van der Waals surface area (Å²) >= 11 is 0. The SMILES string of the molecule is C=C(C)C(=O)COC(=O)c1ccc(C(=O)c2ccc(C(=O)OCC(=O)C(=C)C)c(C(=O)Nc3cccc(C(=O)Nc4cccc5c(NC(=O)c6cccc(C)c6)cccc45)c3)c2)cc1C(=O)NC. The van der Waals surface area contributed by atoms with E-state index >= 15 is 0 Å². The number of benzene rings is 6. The van der Waals surface area contributed by atoms with Gasteiger partial charge in [0.05, 0.1) is 22.3 Å². The zero-order valence-electron chi connectivity index (χ0n) is 37.4. The van der Waals surface area contributed by atoms with Gasteiger partial charge in [-0.05, 0) is 98.6 Å². The third-order valence-corrected chi connectivity index (χ3v) is 10.4. The Kier molecular flexibility index (Phi) is 15.1. The third-order valence-electron chi connectivity index (χ3n) is 10.4. The molecule has 6 aromatic rings. The van der Waals surface area contributed by atoms with Crippen molar-refractivity contribution in [3.05, 3.63) is 196 Å². The second kappa shape index (κ2) is 21.3. The van der Waals surface area contributed by atoms with E-state index in [1.54, 1.807) is 48.5 Å². The maximum atomic E-state index is 14.1. The summed E-state index contributed by atoms with van der Waals surface area (Å²) in [5, 5.41) is 12.2. The quantitative estimate of drug-likeness (QED) is 0.0389. The van der Waals surface area contributed by atoms with Crippen LogP contribution in [0.1, 0.15) is 97.5 Å². The van der Waals surface area contributed by atoms with Crippen LogP contribution in [-0.2, 0) is 19.1 Å². The zero-order chi connectivity index (χ0) is 49.2. The number of fused-ring (bicyclic) bond motifs is 1. The Labute approximate surface area is 390 Å². The molecule has 4 amide bonds. The second-order valence-corrected chi connectivity index (χ2v) is 15.5. The van der Waals surface area contributed by atoms with Crippen LogP contribution in [0.5, 0.6) is 0 Å². The van der Waals surface area contributed by atoms with Crippen LogP contribution in [0.25, 0.3) is 10.8 Å². The topological polar surface area (TPSA) is 220 Å². The highest BCUT2D eigenvalue weighted by Crippen LogP contribution is 2.31. The highest BCUT2D eigenvalue weighted by Gasteiger charge is 2.25. The molecule has 4 N–H and O–H groups in total. The van der Waals surface area contributed by atoms with Crippen molar-refractivity contribution in [1.82, 2.24) is 5.32 Å². The molecule has 0 spiro atoms. The number of anilines is 3. The van der Waals surface area contributed by atoms with Crippen molar-refractivity contribution in [2.45, 2.75) is 20.8 Å². The average Bonchev–Trinajstić information content (AvgIpc) is 3.33. The van der Waals surface area contributed by atoms with E-state index in [1.807, 2.05) is 19.1 Å². The van der Waals surface area contributed by atoms with E-state index in [0.717, 1.165) is 23.8 Å². The predicted molar refractivity (Wildman–Crippen MR) is 255 cm³/mol. The summed E-state index contributed by atoms with van der Waals surface area (Å²) in [4.78, 5) is 118. The highest BCUT2D eigenvalue weighted by molar-refractivity contribution is 6.18. The maximum absolute atomic E-state index is 14.1. The summed E-state index contributed by atoms with van der Waals surface area (Å²) < 4.78 is 10.3. The monoisotopic (exact) mass is 912 g/mol. The number of ketones is 3. The Hall–Kier alpha value is -9.11. The minimum Gasteiger partial charge on any atom is -0.454 e. The number of carbonyl (C=O) groups excluding carboxylic acids is 9. The molecule has 0 unspecified atom stereocenters. The molecule has 0 atom stereocenters. The normalized spacial score (nSPS) is 10.5. The molecule has 68 heavy (non-hydrogen) atoms. The van der Waals surface area contributed by atoms with Crippen LogP contribution in [-0.4, -0.2) is 73.2 Å². The Bertz CT molecular complexity index is 3130. The summed E-state index contributed by atoms with van der Waals surface area (Å²) in [6.45, 7) is 10.5. The van der Waals surface area contributed by atoms with Crippen molar-refractivity contribution in [3.63, 3.8) is 0 Å². The third kappa shape index (κ3) is 11.4. The van der Waals surface area contributed by atoms with Gasteiger partial charge in [0, 0.05) is 57.1 Å². The van der Waals surface area contributed by atoms with Gasteiger partial charge in [0.1, 0.15) is 0 Å². The first kappa shape index (κ1) is 48.3. The van der Waals surface area contributed by atoms with Gasteiger partial charge in [-0.3, -0.25) is 33.6 Å². The van der Waals surface area contributed by atoms with Gasteiger partial charge in [-0.15, -0.1) is 0 Å². The Morgan fingerprint density at radius 2 is 0.926 bits per heavy atom. The van der Waals surface area contributed by atoms with E-state index in [2.05, 4.69) is 34.4 Å². The standard InChI is InChI=1S/C53H44N4O11/c1-29(2)45(58)27-67-52(65)39-21-19-32(25-41(39)50(63)54-6)47(60)33-20-22-40(53(66)68-28-46(59)30(3)4)42(26-33)51(64)55-36-14-8-13-35(24-36)49(62)57-44-18-10-15-37-38(44)16-9-17-43(37)56-48(61)34-12-7-11-31(5)23-34/h7-26H,1,3,27-28H2,2,4-6H3,(H,54,63)(H,55,64)(H,56,61)(H,57,62). The Morgan fingerprint density at radius 1 is 0.471 bits per heavy atom. The maximum Gasteiger partial charge on any atom is 0.339 e. The van der Waals surface area contributed by atoms with Crippen LogP contribution in [0.3, 0.4) is 0 Å². The fourth-order valence-electron chi connectivity index (χ4n) is 6.71. The number of carbonyl (C=O) groups is 9. The number of hydrogen-bond donors (Lipinski definition) is 4. The lowest BCUT2D eigenvalue weighted by Gasteiger charge is -2.14. The van der Waals surface area contributed by atoms with Gasteiger partial charge in [0.25, 0.3) is 23.6 Å². The number of ether oxygens (including phenoxy) is 2. The number of nitrogens with one attached hydrogen (secondary N) is 4. The van der Waals surface area contributed by atoms with Crippen LogP contribution < -0.4 is 21.3 Å². The number of amides is 4. The molecular formula is C53H44N4O11. The minimum atomic E-state index is -1.07. The number of Topliss-reactive ketones (excluding diaryl/α,β-unsaturated/α-hetero) is 2. The van der Waals surface area contributed by atoms with E-state index in [1.165, 1.54) is 63.4 Å². The molecule has 0 aromatic heterocycles. The first-order chi connectivity index (χ1) is 32.4. The van der Waals surface area contributed by atoms with Gasteiger partial charge in [0.2, 0.25) is 0 Å². The molecule has 0 saturated heterocycles. The molecule has 0 aliphatic rings. The number of esters is 2. The predicted octanol–water partition coefficient (Wildman–Crippen LogP) is 8.10. The first-order valence-electron chi connectivity index (χ1n) is 20.8. The van der Waals surface area contributed by atoms with Gasteiger partial charge < -0.3 is 30.7 Å². The number of rotatable bonds is 17. The molecule has 6 aromatic carbocycles. The van der Waals surface area contributed by atoms with Gasteiger partial charge in [-0.1, -0.05) is 73.3 Å². The van der Waals surface area contributed by atoms with E-state index in [-0.39, 0.29) is 61.7 Å². The Balaban J connectivity index is 1.27. The molecule has 6 rings (SSSR count). The van der Waals surface area contributed by atoms with Crippen LogP contribution >= 0.6 is 0 Å². The van der Waals surface area contributed by atoms with E-state index in [9.17, 15) is 43.2 Å². The molecule has 0 aliphatic carbocycles. The summed E-state index contributed by atoms with van der Waals surface area (Å²) in [7, 11) is 1.31. The molecule has 0 bridgehead atoms. The lowest BCUT2D eigenvalue weighted by atomic mass is 9.95. The van der Waals surface area contributed by atoms with Crippen molar-refractivity contribution < 1.29 is 52.6 Å². The summed E-state index contributed by atoms with van der Waals surface area (Å²) in [6.07, 6.45) is 0. The fraction of sp³-hybridized carbons (Fsp3) is 0.113. The van der Waals surface area contributed by atoms with Gasteiger partial charge in [-0.25, -0.2) is 9.59 Å². The number of aryl methyl sites for hydroxylation is 1. The molecule has 15 nitrogen and oxygen atoms in total. The summed E-state index contributed by atoms with van der Waals surface area (Å²) in [5.41, 5.74) is 1.55. The van der Waals surface area contributed by atoms with E-state index in [4.69, 9.17) is 9.47 Å². The average molecular weight is 913 g/mol. The van der Waals surface area contributed by atoms with Gasteiger partial charge >= 0.3 is 11.9 Å². The van der Waals surface area contributed by atoms with Crippen molar-refractivity contribution in [3.8, 4) is 0 Å². The smallest absolute Gasteiger partial charge is 0.339 e. The van der Waals surface area contributed by atoms with Crippen LogP contribution in [0.4, 0.5) is 17.1 Å². The summed E-state index contributed by atoms with van der Waals surface area (Å²) in [5.74, 6) is -6.40. The van der Waals surface area contributed by atoms with E-state index in [0.29, 0.717) is 27.7 Å². The Morgan fingerprint density at radius 3 is 1.40 bits per heavy atom. The van der Waals surface area contributed by atoms with Crippen molar-refractivity contribution in [2.75, 3.05) is 36.2 Å². The van der Waals surface area contributed by atoms with Gasteiger partial charge in [0.15, 0.2) is 30.6 Å². The molecular weight excluding hydrogens is 869 g/mol. The molecule has 342 valence electrons. The molecule has 0 aliphatic heterocycles. The van der Waals surface area contributed by atoms with Crippen LogP contribution in [0, 0.1) is 6.92 Å². The molecule has 0 saturated carbocycles. The second-order valence-electron chi connectivity index (χ2n) is 15.5. The van der Waals surface area contributed by atoms with Crippen molar-refractivity contribution in [1.29, 1.82) is 0 Å². The lowest BCUT2D eigenvalue weighted by Crippen LogP contribution is -2.23. The highest BCUT2D eigenvalue weighted by atomic mass is 16.5. The zero-order valence-corrected chi connectivity index (χ0v) is 37.4. The van der Waals surface area contributed by atoms with Crippen LogP contribution in [0.2, 0.25) is 0 Å². The van der Waals surface area contributed by atoms with Crippen molar-refractivity contribution in [2.24, 2.45) is 0 Å². The lowest BCUT2D eigenvalue weighted by molar-refractivity contribution is -0.119. The minimum absolute atomic E-state index is 0.0972. The fourth-order valence-corrected chi connectivity index (χ4v) is 6.71. The van der Waals surface area contributed by atoms with Crippen LogP contribution in [0.15, 0.2) is 146 Å².